The quantitative estimate of drug-likeness (QED) is 0.505. The third-order valence-electron chi connectivity index (χ3n) is 3.70. The third-order valence-corrected chi connectivity index (χ3v) is 3.70. The highest BCUT2D eigenvalue weighted by atomic mass is 19.1. The molecule has 0 saturated carbocycles. The van der Waals surface area contributed by atoms with E-state index in [2.05, 4.69) is 25.2 Å². The van der Waals surface area contributed by atoms with E-state index in [1.54, 1.807) is 0 Å². The Hall–Kier alpha value is -3.69. The van der Waals surface area contributed by atoms with Crippen molar-refractivity contribution in [3.63, 3.8) is 0 Å². The zero-order valence-electron chi connectivity index (χ0n) is 14.4. The minimum absolute atomic E-state index is 0.0941. The molecule has 4 rings (SSSR count). The molecule has 0 aliphatic rings. The number of carbonyl (C=O) groups excluding carboxylic acids is 1. The standard InChI is InChI=1S/C17H13FN6O3/c1-9-7-10(2)24-17(19-9)21-15(22-24)16(25)26-8-13-20-14(23-27-13)11-3-5-12(18)6-4-11/h3-7H,8H2,1-2H3. The van der Waals surface area contributed by atoms with Crippen LogP contribution in [0.4, 0.5) is 4.39 Å². The van der Waals surface area contributed by atoms with Crippen molar-refractivity contribution in [1.82, 2.24) is 29.7 Å². The topological polar surface area (TPSA) is 108 Å². The van der Waals surface area contributed by atoms with Crippen LogP contribution >= 0.6 is 0 Å². The van der Waals surface area contributed by atoms with E-state index in [1.165, 1.54) is 28.8 Å². The van der Waals surface area contributed by atoms with Gasteiger partial charge in [-0.05, 0) is 44.2 Å². The van der Waals surface area contributed by atoms with Crippen molar-refractivity contribution in [1.29, 1.82) is 0 Å². The summed E-state index contributed by atoms with van der Waals surface area (Å²) in [5.41, 5.74) is 2.15. The fourth-order valence-corrected chi connectivity index (χ4v) is 2.47. The second-order valence-corrected chi connectivity index (χ2v) is 5.78. The number of rotatable bonds is 4. The molecule has 0 radical (unpaired) electrons. The van der Waals surface area contributed by atoms with Gasteiger partial charge in [0.2, 0.25) is 5.82 Å². The molecule has 0 N–H and O–H groups in total. The Morgan fingerprint density at radius 3 is 2.74 bits per heavy atom. The SMILES string of the molecule is Cc1cc(C)n2nc(C(=O)OCc3nc(-c4ccc(F)cc4)no3)nc2n1. The van der Waals surface area contributed by atoms with Crippen molar-refractivity contribution < 1.29 is 18.4 Å². The normalized spacial score (nSPS) is 11.1. The van der Waals surface area contributed by atoms with Crippen LogP contribution in [0.2, 0.25) is 0 Å². The zero-order valence-corrected chi connectivity index (χ0v) is 14.4. The van der Waals surface area contributed by atoms with Crippen molar-refractivity contribution >= 4 is 11.7 Å². The van der Waals surface area contributed by atoms with Gasteiger partial charge in [0.15, 0.2) is 6.61 Å². The van der Waals surface area contributed by atoms with Crippen LogP contribution in [0.5, 0.6) is 0 Å². The molecule has 0 atom stereocenters. The first-order chi connectivity index (χ1) is 13.0. The van der Waals surface area contributed by atoms with E-state index >= 15 is 0 Å². The Kier molecular flexibility index (Phi) is 4.07. The molecule has 0 saturated heterocycles. The lowest BCUT2D eigenvalue weighted by Crippen LogP contribution is -2.08. The summed E-state index contributed by atoms with van der Waals surface area (Å²) in [5.74, 6) is -0.542. The van der Waals surface area contributed by atoms with Crippen LogP contribution in [0.15, 0.2) is 34.9 Å². The number of hydrogen-bond donors (Lipinski definition) is 0. The summed E-state index contributed by atoms with van der Waals surface area (Å²) in [7, 11) is 0. The average molecular weight is 368 g/mol. The molecule has 136 valence electrons. The minimum atomic E-state index is -0.737. The monoisotopic (exact) mass is 368 g/mol. The van der Waals surface area contributed by atoms with Crippen LogP contribution in [-0.4, -0.2) is 35.7 Å². The maximum Gasteiger partial charge on any atom is 0.378 e. The molecule has 0 fully saturated rings. The van der Waals surface area contributed by atoms with Gasteiger partial charge in [-0.15, -0.1) is 5.10 Å². The highest BCUT2D eigenvalue weighted by Crippen LogP contribution is 2.16. The lowest BCUT2D eigenvalue weighted by molar-refractivity contribution is 0.0415. The number of esters is 1. The van der Waals surface area contributed by atoms with Crippen molar-refractivity contribution in [2.45, 2.75) is 20.5 Å². The number of fused-ring (bicyclic) bond motifs is 1. The number of hydrogen-bond acceptors (Lipinski definition) is 8. The summed E-state index contributed by atoms with van der Waals surface area (Å²) in [6.45, 7) is 3.42. The molecule has 0 aliphatic carbocycles. The Morgan fingerprint density at radius 1 is 1.19 bits per heavy atom. The van der Waals surface area contributed by atoms with Crippen LogP contribution < -0.4 is 0 Å². The van der Waals surface area contributed by atoms with Gasteiger partial charge in [0.1, 0.15) is 5.82 Å². The maximum absolute atomic E-state index is 13.0. The molecule has 3 heterocycles. The van der Waals surface area contributed by atoms with E-state index in [0.29, 0.717) is 11.3 Å². The van der Waals surface area contributed by atoms with Gasteiger partial charge in [0, 0.05) is 17.0 Å². The molecule has 9 nitrogen and oxygen atoms in total. The van der Waals surface area contributed by atoms with Crippen molar-refractivity contribution in [3.05, 3.63) is 59.3 Å². The predicted octanol–water partition coefficient (Wildman–Crippen LogP) is 2.29. The van der Waals surface area contributed by atoms with Crippen molar-refractivity contribution in [2.24, 2.45) is 0 Å². The average Bonchev–Trinajstić information content (AvgIpc) is 3.27. The van der Waals surface area contributed by atoms with Crippen LogP contribution in [0.25, 0.3) is 17.2 Å². The summed E-state index contributed by atoms with van der Waals surface area (Å²) < 4.78 is 24.6. The number of aryl methyl sites for hydroxylation is 2. The van der Waals surface area contributed by atoms with E-state index in [-0.39, 0.29) is 30.0 Å². The van der Waals surface area contributed by atoms with Crippen molar-refractivity contribution in [2.75, 3.05) is 0 Å². The first-order valence-electron chi connectivity index (χ1n) is 7.96. The largest absolute Gasteiger partial charge is 0.450 e. The van der Waals surface area contributed by atoms with Gasteiger partial charge < -0.3 is 9.26 Å². The molecule has 0 spiro atoms. The summed E-state index contributed by atoms with van der Waals surface area (Å²) in [5, 5.41) is 7.87. The second-order valence-electron chi connectivity index (χ2n) is 5.78. The summed E-state index contributed by atoms with van der Waals surface area (Å²) in [4.78, 5) is 24.6. The van der Waals surface area contributed by atoms with Crippen LogP contribution in [0.3, 0.4) is 0 Å². The molecule has 0 aliphatic heterocycles. The molecule has 10 heteroatoms. The van der Waals surface area contributed by atoms with E-state index in [4.69, 9.17) is 9.26 Å². The molecule has 3 aromatic heterocycles. The van der Waals surface area contributed by atoms with E-state index < -0.39 is 5.97 Å². The van der Waals surface area contributed by atoms with Crippen LogP contribution in [0.1, 0.15) is 27.9 Å². The fourth-order valence-electron chi connectivity index (χ4n) is 2.47. The smallest absolute Gasteiger partial charge is 0.378 e. The van der Waals surface area contributed by atoms with Gasteiger partial charge in [-0.3, -0.25) is 0 Å². The van der Waals surface area contributed by atoms with Crippen LogP contribution in [-0.2, 0) is 11.3 Å². The Labute approximate surface area is 151 Å². The summed E-state index contributed by atoms with van der Waals surface area (Å²) in [6, 6.07) is 7.45. The van der Waals surface area contributed by atoms with Gasteiger partial charge in [-0.25, -0.2) is 18.7 Å². The Balaban J connectivity index is 1.47. The van der Waals surface area contributed by atoms with Gasteiger partial charge in [0.05, 0.1) is 0 Å². The van der Waals surface area contributed by atoms with Gasteiger partial charge in [-0.2, -0.15) is 9.97 Å². The van der Waals surface area contributed by atoms with Gasteiger partial charge in [0.25, 0.3) is 17.5 Å². The molecule has 4 aromatic rings. The molecule has 27 heavy (non-hydrogen) atoms. The minimum Gasteiger partial charge on any atom is -0.450 e. The fraction of sp³-hybridized carbons (Fsp3) is 0.176. The third kappa shape index (κ3) is 3.36. The number of nitrogens with zero attached hydrogens (tertiary/aromatic N) is 6. The van der Waals surface area contributed by atoms with E-state index in [9.17, 15) is 9.18 Å². The first-order valence-corrected chi connectivity index (χ1v) is 7.96. The molecule has 1 aromatic carbocycles. The zero-order chi connectivity index (χ0) is 19.0. The number of ether oxygens (including phenoxy) is 1. The Morgan fingerprint density at radius 2 is 1.96 bits per heavy atom. The Bertz CT molecular complexity index is 1140. The molecule has 0 unspecified atom stereocenters. The number of aromatic nitrogens is 6. The lowest BCUT2D eigenvalue weighted by Gasteiger charge is -1.97. The van der Waals surface area contributed by atoms with Crippen molar-refractivity contribution in [3.8, 4) is 11.4 Å². The molecular formula is C17H13FN6O3. The summed E-state index contributed by atoms with van der Waals surface area (Å²) in [6.07, 6.45) is 0. The highest BCUT2D eigenvalue weighted by molar-refractivity contribution is 5.85. The van der Waals surface area contributed by atoms with E-state index in [1.807, 2.05) is 19.9 Å². The van der Waals surface area contributed by atoms with Gasteiger partial charge >= 0.3 is 5.97 Å². The molecule has 0 bridgehead atoms. The predicted molar refractivity (Wildman–Crippen MR) is 89.1 cm³/mol. The maximum atomic E-state index is 13.0. The highest BCUT2D eigenvalue weighted by Gasteiger charge is 2.18. The molecule has 0 amide bonds. The number of benzene rings is 1. The van der Waals surface area contributed by atoms with Gasteiger partial charge in [-0.1, -0.05) is 5.16 Å². The first kappa shape index (κ1) is 16.8. The second kappa shape index (κ2) is 6.56. The van der Waals surface area contributed by atoms with Crippen LogP contribution in [0, 0.1) is 19.7 Å². The lowest BCUT2D eigenvalue weighted by atomic mass is 10.2. The number of halogens is 1. The molecular weight excluding hydrogens is 355 g/mol. The number of carbonyl (C=O) groups is 1. The van der Waals surface area contributed by atoms with E-state index in [0.717, 1.165) is 11.4 Å². The summed E-state index contributed by atoms with van der Waals surface area (Å²) >= 11 is 0.